The van der Waals surface area contributed by atoms with Crippen LogP contribution in [0.15, 0.2) is 6.20 Å². The fourth-order valence-corrected chi connectivity index (χ4v) is 4.56. The van der Waals surface area contributed by atoms with E-state index >= 15 is 0 Å². The largest absolute Gasteiger partial charge is 0.353 e. The van der Waals surface area contributed by atoms with Gasteiger partial charge >= 0.3 is 0 Å². The van der Waals surface area contributed by atoms with Crippen LogP contribution < -0.4 is 4.90 Å². The Morgan fingerprint density at radius 1 is 1.12 bits per heavy atom. The normalized spacial score (nSPS) is 23.2. The van der Waals surface area contributed by atoms with Gasteiger partial charge in [0.25, 0.3) is 0 Å². The van der Waals surface area contributed by atoms with Crippen molar-refractivity contribution in [1.29, 1.82) is 0 Å². The Bertz CT molecular complexity index is 746. The van der Waals surface area contributed by atoms with Crippen LogP contribution in [0.4, 0.5) is 5.82 Å². The molecule has 136 valence electrons. The third-order valence-corrected chi connectivity index (χ3v) is 5.95. The minimum atomic E-state index is 0.521. The SMILES string of the molecule is CC(C)N1CCN(c2nc(C3CCCC3)nc3c2cnn3C)CC1C. The van der Waals surface area contributed by atoms with Gasteiger partial charge in [-0.15, -0.1) is 0 Å². The molecule has 2 fully saturated rings. The number of hydrogen-bond acceptors (Lipinski definition) is 5. The van der Waals surface area contributed by atoms with E-state index in [1.807, 2.05) is 17.9 Å². The highest BCUT2D eigenvalue weighted by molar-refractivity contribution is 5.87. The summed E-state index contributed by atoms with van der Waals surface area (Å²) in [6.45, 7) is 10.0. The molecule has 0 N–H and O–H groups in total. The molecule has 1 aliphatic heterocycles. The maximum absolute atomic E-state index is 5.07. The van der Waals surface area contributed by atoms with Gasteiger partial charge in [-0.25, -0.2) is 9.97 Å². The predicted molar refractivity (Wildman–Crippen MR) is 101 cm³/mol. The Balaban J connectivity index is 1.71. The number of aryl methyl sites for hydroxylation is 1. The zero-order valence-corrected chi connectivity index (χ0v) is 15.9. The second-order valence-corrected chi connectivity index (χ2v) is 8.02. The van der Waals surface area contributed by atoms with Crippen LogP contribution >= 0.6 is 0 Å². The van der Waals surface area contributed by atoms with Crippen molar-refractivity contribution in [3.63, 3.8) is 0 Å². The Labute approximate surface area is 150 Å². The molecule has 1 atom stereocenters. The summed E-state index contributed by atoms with van der Waals surface area (Å²) in [5, 5.41) is 5.55. The molecular formula is C19H30N6. The molecule has 0 spiro atoms. The molecule has 25 heavy (non-hydrogen) atoms. The van der Waals surface area contributed by atoms with Crippen molar-refractivity contribution in [2.75, 3.05) is 24.5 Å². The lowest BCUT2D eigenvalue weighted by Crippen LogP contribution is -2.54. The van der Waals surface area contributed by atoms with Crippen molar-refractivity contribution in [2.24, 2.45) is 7.05 Å². The third-order valence-electron chi connectivity index (χ3n) is 5.95. The Morgan fingerprint density at radius 2 is 1.88 bits per heavy atom. The molecule has 1 saturated carbocycles. The van der Waals surface area contributed by atoms with Crippen LogP contribution in [0.2, 0.25) is 0 Å². The summed E-state index contributed by atoms with van der Waals surface area (Å²) in [5.74, 6) is 2.64. The first kappa shape index (κ1) is 16.8. The van der Waals surface area contributed by atoms with Crippen LogP contribution in [0.1, 0.15) is 58.2 Å². The van der Waals surface area contributed by atoms with Crippen molar-refractivity contribution in [2.45, 2.75) is 64.5 Å². The average Bonchev–Trinajstić information content (AvgIpc) is 3.24. The zero-order valence-electron chi connectivity index (χ0n) is 15.9. The molecule has 1 saturated heterocycles. The van der Waals surface area contributed by atoms with Gasteiger partial charge < -0.3 is 4.90 Å². The molecule has 4 rings (SSSR count). The van der Waals surface area contributed by atoms with Crippen LogP contribution in [-0.4, -0.2) is 56.4 Å². The fourth-order valence-electron chi connectivity index (χ4n) is 4.56. The monoisotopic (exact) mass is 342 g/mol. The first-order valence-electron chi connectivity index (χ1n) is 9.75. The summed E-state index contributed by atoms with van der Waals surface area (Å²) in [6.07, 6.45) is 6.98. The highest BCUT2D eigenvalue weighted by Crippen LogP contribution is 2.35. The molecule has 6 heteroatoms. The first-order valence-corrected chi connectivity index (χ1v) is 9.75. The van der Waals surface area contributed by atoms with Gasteiger partial charge in [-0.3, -0.25) is 9.58 Å². The number of hydrogen-bond donors (Lipinski definition) is 0. The number of nitrogens with zero attached hydrogens (tertiary/aromatic N) is 6. The van der Waals surface area contributed by atoms with E-state index < -0.39 is 0 Å². The van der Waals surface area contributed by atoms with Crippen LogP contribution in [-0.2, 0) is 7.05 Å². The first-order chi connectivity index (χ1) is 12.0. The Hall–Kier alpha value is -1.69. The number of piperazine rings is 1. The van der Waals surface area contributed by atoms with Crippen LogP contribution in [0.3, 0.4) is 0 Å². The molecule has 1 unspecified atom stereocenters. The van der Waals surface area contributed by atoms with E-state index in [4.69, 9.17) is 9.97 Å². The second kappa shape index (κ2) is 6.56. The summed E-state index contributed by atoms with van der Waals surface area (Å²) in [5.41, 5.74) is 0.978. The third kappa shape index (κ3) is 3.01. The van der Waals surface area contributed by atoms with E-state index in [1.165, 1.54) is 25.7 Å². The molecule has 0 aromatic carbocycles. The van der Waals surface area contributed by atoms with Gasteiger partial charge in [0.2, 0.25) is 0 Å². The van der Waals surface area contributed by atoms with Gasteiger partial charge in [0.15, 0.2) is 5.65 Å². The van der Waals surface area contributed by atoms with E-state index in [2.05, 4.69) is 35.7 Å². The molecule has 6 nitrogen and oxygen atoms in total. The summed E-state index contributed by atoms with van der Waals surface area (Å²) in [6, 6.07) is 1.13. The topological polar surface area (TPSA) is 50.1 Å². The van der Waals surface area contributed by atoms with Crippen molar-refractivity contribution in [3.05, 3.63) is 12.0 Å². The summed E-state index contributed by atoms with van der Waals surface area (Å²) in [7, 11) is 1.98. The van der Waals surface area contributed by atoms with Crippen LogP contribution in [0.5, 0.6) is 0 Å². The van der Waals surface area contributed by atoms with E-state index in [0.717, 1.165) is 42.3 Å². The summed E-state index contributed by atoms with van der Waals surface area (Å²) >= 11 is 0. The van der Waals surface area contributed by atoms with E-state index in [-0.39, 0.29) is 0 Å². The van der Waals surface area contributed by atoms with Gasteiger partial charge in [-0.2, -0.15) is 5.10 Å². The van der Waals surface area contributed by atoms with Crippen molar-refractivity contribution < 1.29 is 0 Å². The molecule has 2 aromatic rings. The lowest BCUT2D eigenvalue weighted by Gasteiger charge is -2.42. The molecule has 0 amide bonds. The van der Waals surface area contributed by atoms with E-state index in [9.17, 15) is 0 Å². The van der Waals surface area contributed by atoms with E-state index in [0.29, 0.717) is 18.0 Å². The highest BCUT2D eigenvalue weighted by Gasteiger charge is 2.29. The summed E-state index contributed by atoms with van der Waals surface area (Å²) < 4.78 is 1.90. The van der Waals surface area contributed by atoms with Gasteiger partial charge in [-0.1, -0.05) is 12.8 Å². The lowest BCUT2D eigenvalue weighted by atomic mass is 10.1. The van der Waals surface area contributed by atoms with Crippen molar-refractivity contribution in [3.8, 4) is 0 Å². The smallest absolute Gasteiger partial charge is 0.163 e. The summed E-state index contributed by atoms with van der Waals surface area (Å²) in [4.78, 5) is 15.0. The minimum absolute atomic E-state index is 0.521. The zero-order chi connectivity index (χ0) is 17.6. The molecule has 2 aromatic heterocycles. The molecule has 1 aliphatic carbocycles. The maximum atomic E-state index is 5.07. The van der Waals surface area contributed by atoms with Crippen LogP contribution in [0.25, 0.3) is 11.0 Å². The van der Waals surface area contributed by atoms with Gasteiger partial charge in [0.05, 0.1) is 11.6 Å². The van der Waals surface area contributed by atoms with Crippen LogP contribution in [0, 0.1) is 0 Å². The lowest BCUT2D eigenvalue weighted by molar-refractivity contribution is 0.148. The number of anilines is 1. The molecule has 0 radical (unpaired) electrons. The molecule has 0 bridgehead atoms. The van der Waals surface area contributed by atoms with Crippen molar-refractivity contribution >= 4 is 16.9 Å². The highest BCUT2D eigenvalue weighted by atomic mass is 15.3. The number of rotatable bonds is 3. The molecule has 2 aliphatic rings. The van der Waals surface area contributed by atoms with Gasteiger partial charge in [0, 0.05) is 44.7 Å². The predicted octanol–water partition coefficient (Wildman–Crippen LogP) is 2.94. The number of fused-ring (bicyclic) bond motifs is 1. The van der Waals surface area contributed by atoms with Crippen molar-refractivity contribution in [1.82, 2.24) is 24.6 Å². The standard InChI is InChI=1S/C19H30N6/c1-13(2)25-10-9-24(12-14(25)3)19-16-11-20-23(4)18(16)21-17(22-19)15-7-5-6-8-15/h11,13-15H,5-10,12H2,1-4H3. The average molecular weight is 342 g/mol. The fraction of sp³-hybridized carbons (Fsp3) is 0.737. The second-order valence-electron chi connectivity index (χ2n) is 8.02. The quantitative estimate of drug-likeness (QED) is 0.858. The van der Waals surface area contributed by atoms with E-state index in [1.54, 1.807) is 0 Å². The van der Waals surface area contributed by atoms with Gasteiger partial charge in [0.1, 0.15) is 11.6 Å². The maximum Gasteiger partial charge on any atom is 0.163 e. The minimum Gasteiger partial charge on any atom is -0.353 e. The van der Waals surface area contributed by atoms with Gasteiger partial charge in [-0.05, 0) is 33.6 Å². The molecule has 3 heterocycles. The number of aromatic nitrogens is 4. The Morgan fingerprint density at radius 3 is 2.56 bits per heavy atom. The Kier molecular flexibility index (Phi) is 4.40. The molecular weight excluding hydrogens is 312 g/mol.